The highest BCUT2D eigenvalue weighted by Crippen LogP contribution is 2.12. The van der Waals surface area contributed by atoms with Crippen molar-refractivity contribution in [3.05, 3.63) is 77.6 Å². The summed E-state index contributed by atoms with van der Waals surface area (Å²) in [6, 6.07) is 16.6. The summed E-state index contributed by atoms with van der Waals surface area (Å²) in [7, 11) is -7.34. The summed E-state index contributed by atoms with van der Waals surface area (Å²) in [4.78, 5) is 0.287. The van der Waals surface area contributed by atoms with Crippen molar-refractivity contribution >= 4 is 31.5 Å². The van der Waals surface area contributed by atoms with Gasteiger partial charge in [-0.25, -0.2) is 26.7 Å². The minimum Gasteiger partial charge on any atom is -0.368 e. The van der Waals surface area contributed by atoms with Gasteiger partial charge in [0.15, 0.2) is 11.5 Å². The molecule has 4 aromatic rings. The average Bonchev–Trinajstić information content (AvgIpc) is 3.21. The molecular formula is C22H25N7O4S2. The highest BCUT2D eigenvalue weighted by molar-refractivity contribution is 7.89. The number of aromatic nitrogens is 4. The molecule has 2 aromatic carbocycles. The van der Waals surface area contributed by atoms with E-state index in [9.17, 15) is 16.8 Å². The minimum atomic E-state index is -3.71. The Morgan fingerprint density at radius 1 is 0.886 bits per heavy atom. The number of sulfonamides is 2. The molecule has 0 aliphatic rings. The van der Waals surface area contributed by atoms with Crippen molar-refractivity contribution < 1.29 is 16.8 Å². The van der Waals surface area contributed by atoms with Crippen molar-refractivity contribution in [2.24, 2.45) is 5.14 Å². The van der Waals surface area contributed by atoms with Crippen LogP contribution < -0.4 is 15.2 Å². The number of primary sulfonamides is 1. The first kappa shape index (κ1) is 24.7. The van der Waals surface area contributed by atoms with E-state index in [4.69, 9.17) is 5.14 Å². The maximum absolute atomic E-state index is 12.5. The fraction of sp³-hybridized carbons (Fsp3) is 0.227. The van der Waals surface area contributed by atoms with Gasteiger partial charge in [-0.3, -0.25) is 0 Å². The van der Waals surface area contributed by atoms with E-state index in [2.05, 4.69) is 25.3 Å². The second-order valence-corrected chi connectivity index (χ2v) is 11.3. The standard InChI is InChI=1S/C22H25N7O4S2/c1-16-3-2-4-19(15-16)35(32,33)25-14-12-22-27-26-21-10-9-20(28-29(21)22)24-13-11-17-5-7-18(8-6-17)34(23,30)31/h2-10,15,25H,11-14H2,1H3,(H,24,28)(H2,23,30,31). The van der Waals surface area contributed by atoms with E-state index in [0.29, 0.717) is 36.7 Å². The van der Waals surface area contributed by atoms with E-state index in [1.165, 1.54) is 12.1 Å². The predicted octanol–water partition coefficient (Wildman–Crippen LogP) is 1.26. The lowest BCUT2D eigenvalue weighted by Crippen LogP contribution is -2.26. The quantitative estimate of drug-likeness (QED) is 0.284. The van der Waals surface area contributed by atoms with Crippen LogP contribution >= 0.6 is 0 Å². The van der Waals surface area contributed by atoms with Crippen LogP contribution in [0.25, 0.3) is 5.65 Å². The molecule has 0 aliphatic carbocycles. The topological polar surface area (TPSA) is 161 Å². The first-order valence-electron chi connectivity index (χ1n) is 10.8. The van der Waals surface area contributed by atoms with Gasteiger partial charge in [-0.05, 0) is 60.9 Å². The normalized spacial score (nSPS) is 12.2. The molecule has 0 fully saturated rings. The number of benzene rings is 2. The van der Waals surface area contributed by atoms with Gasteiger partial charge in [0.05, 0.1) is 9.79 Å². The summed E-state index contributed by atoms with van der Waals surface area (Å²) in [5.41, 5.74) is 2.35. The third kappa shape index (κ3) is 6.19. The molecule has 0 radical (unpaired) electrons. The Labute approximate surface area is 203 Å². The smallest absolute Gasteiger partial charge is 0.240 e. The fourth-order valence-electron chi connectivity index (χ4n) is 3.43. The van der Waals surface area contributed by atoms with Gasteiger partial charge >= 0.3 is 0 Å². The molecule has 0 spiro atoms. The molecular weight excluding hydrogens is 490 g/mol. The lowest BCUT2D eigenvalue weighted by Gasteiger charge is -2.08. The third-order valence-electron chi connectivity index (χ3n) is 5.24. The predicted molar refractivity (Wildman–Crippen MR) is 131 cm³/mol. The van der Waals surface area contributed by atoms with Crippen LogP contribution in [0, 0.1) is 6.92 Å². The zero-order valence-electron chi connectivity index (χ0n) is 18.9. The number of nitrogens with two attached hydrogens (primary N) is 1. The largest absolute Gasteiger partial charge is 0.368 e. The summed E-state index contributed by atoms with van der Waals surface area (Å²) < 4.78 is 51.9. The lowest BCUT2D eigenvalue weighted by atomic mass is 10.1. The Bertz CT molecular complexity index is 1550. The second kappa shape index (κ2) is 10.1. The molecule has 35 heavy (non-hydrogen) atoms. The van der Waals surface area contributed by atoms with Crippen molar-refractivity contribution in [3.63, 3.8) is 0 Å². The molecule has 0 bridgehead atoms. The zero-order chi connectivity index (χ0) is 25.1. The number of hydrogen-bond acceptors (Lipinski definition) is 8. The van der Waals surface area contributed by atoms with Crippen LogP contribution in [0.4, 0.5) is 5.82 Å². The molecule has 0 unspecified atom stereocenters. The SMILES string of the molecule is Cc1cccc(S(=O)(=O)NCCc2nnc3ccc(NCCc4ccc(S(N)(=O)=O)cc4)nn23)c1. The number of nitrogens with one attached hydrogen (secondary N) is 2. The van der Waals surface area contributed by atoms with E-state index in [1.807, 2.05) is 13.0 Å². The van der Waals surface area contributed by atoms with Gasteiger partial charge in [0.25, 0.3) is 0 Å². The Kier molecular flexibility index (Phi) is 7.12. The van der Waals surface area contributed by atoms with Crippen molar-refractivity contribution in [2.75, 3.05) is 18.4 Å². The highest BCUT2D eigenvalue weighted by atomic mass is 32.2. The van der Waals surface area contributed by atoms with E-state index in [0.717, 1.165) is 11.1 Å². The van der Waals surface area contributed by atoms with E-state index in [-0.39, 0.29) is 16.3 Å². The number of rotatable bonds is 10. The molecule has 4 rings (SSSR count). The van der Waals surface area contributed by atoms with Crippen LogP contribution in [-0.2, 0) is 32.9 Å². The Morgan fingerprint density at radius 3 is 2.37 bits per heavy atom. The van der Waals surface area contributed by atoms with Crippen molar-refractivity contribution in [3.8, 4) is 0 Å². The summed E-state index contributed by atoms with van der Waals surface area (Å²) >= 11 is 0. The first-order chi connectivity index (χ1) is 16.6. The Balaban J connectivity index is 1.36. The van der Waals surface area contributed by atoms with Crippen LogP contribution in [0.1, 0.15) is 17.0 Å². The van der Waals surface area contributed by atoms with Crippen molar-refractivity contribution in [1.29, 1.82) is 0 Å². The fourth-order valence-corrected chi connectivity index (χ4v) is 5.08. The summed E-state index contributed by atoms with van der Waals surface area (Å²) in [5, 5.41) is 21.1. The second-order valence-electron chi connectivity index (χ2n) is 7.93. The third-order valence-corrected chi connectivity index (χ3v) is 7.63. The maximum Gasteiger partial charge on any atom is 0.240 e. The molecule has 0 amide bonds. The van der Waals surface area contributed by atoms with E-state index < -0.39 is 20.0 Å². The molecule has 4 N–H and O–H groups in total. The van der Waals surface area contributed by atoms with Crippen LogP contribution in [0.3, 0.4) is 0 Å². The lowest BCUT2D eigenvalue weighted by molar-refractivity contribution is 0.580. The summed E-state index contributed by atoms with van der Waals surface area (Å²) in [6.45, 7) is 2.54. The zero-order valence-corrected chi connectivity index (χ0v) is 20.6. The van der Waals surface area contributed by atoms with Crippen LogP contribution in [0.2, 0.25) is 0 Å². The average molecular weight is 516 g/mol. The van der Waals surface area contributed by atoms with Gasteiger partial charge in [-0.15, -0.1) is 15.3 Å². The summed E-state index contributed by atoms with van der Waals surface area (Å²) in [6.07, 6.45) is 0.944. The molecule has 2 aromatic heterocycles. The van der Waals surface area contributed by atoms with Gasteiger partial charge < -0.3 is 5.32 Å². The van der Waals surface area contributed by atoms with E-state index >= 15 is 0 Å². The van der Waals surface area contributed by atoms with Crippen LogP contribution in [0.15, 0.2) is 70.5 Å². The molecule has 11 nitrogen and oxygen atoms in total. The highest BCUT2D eigenvalue weighted by Gasteiger charge is 2.15. The number of fused-ring (bicyclic) bond motifs is 1. The Hall–Kier alpha value is -3.39. The van der Waals surface area contributed by atoms with E-state index in [1.54, 1.807) is 47.0 Å². The molecule has 0 atom stereocenters. The monoisotopic (exact) mass is 515 g/mol. The number of hydrogen-bond donors (Lipinski definition) is 3. The molecule has 13 heteroatoms. The van der Waals surface area contributed by atoms with Crippen LogP contribution in [0.5, 0.6) is 0 Å². The maximum atomic E-state index is 12.5. The minimum absolute atomic E-state index is 0.0719. The Morgan fingerprint density at radius 2 is 1.66 bits per heavy atom. The number of aryl methyl sites for hydroxylation is 1. The van der Waals surface area contributed by atoms with Gasteiger partial charge in [-0.2, -0.15) is 4.52 Å². The van der Waals surface area contributed by atoms with Gasteiger partial charge in [0, 0.05) is 19.5 Å². The molecule has 184 valence electrons. The molecule has 0 saturated carbocycles. The number of anilines is 1. The molecule has 2 heterocycles. The van der Waals surface area contributed by atoms with Crippen molar-refractivity contribution in [2.45, 2.75) is 29.6 Å². The first-order valence-corrected chi connectivity index (χ1v) is 13.8. The van der Waals surface area contributed by atoms with Crippen molar-refractivity contribution in [1.82, 2.24) is 24.5 Å². The number of nitrogens with zero attached hydrogens (tertiary/aromatic N) is 4. The van der Waals surface area contributed by atoms with Gasteiger partial charge in [-0.1, -0.05) is 24.3 Å². The van der Waals surface area contributed by atoms with Gasteiger partial charge in [0.2, 0.25) is 20.0 Å². The van der Waals surface area contributed by atoms with Crippen LogP contribution in [-0.4, -0.2) is 49.7 Å². The molecule has 0 aliphatic heterocycles. The van der Waals surface area contributed by atoms with Gasteiger partial charge in [0.1, 0.15) is 5.82 Å². The summed E-state index contributed by atoms with van der Waals surface area (Å²) in [5.74, 6) is 1.12. The molecule has 0 saturated heterocycles.